The molecule has 1 saturated heterocycles. The highest BCUT2D eigenvalue weighted by Crippen LogP contribution is 2.24. The zero-order chi connectivity index (χ0) is 12.1. The largest absolute Gasteiger partial charge is 0.379 e. The molecule has 0 N–H and O–H groups in total. The van der Waals surface area contributed by atoms with Crippen LogP contribution < -0.4 is 0 Å². The van der Waals surface area contributed by atoms with Crippen molar-refractivity contribution in [1.29, 1.82) is 5.26 Å². The maximum atomic E-state index is 9.42. The van der Waals surface area contributed by atoms with Gasteiger partial charge in [0.25, 0.3) is 0 Å². The maximum Gasteiger partial charge on any atom is 0.124 e. The SMILES string of the molecule is CCc1ccccc1C(C#N)N1CCOCC1. The monoisotopic (exact) mass is 230 g/mol. The Balaban J connectivity index is 2.25. The van der Waals surface area contributed by atoms with Gasteiger partial charge in [0.2, 0.25) is 0 Å². The van der Waals surface area contributed by atoms with Crippen LogP contribution in [0.3, 0.4) is 0 Å². The molecule has 1 aliphatic heterocycles. The number of ether oxygens (including phenoxy) is 1. The number of nitriles is 1. The van der Waals surface area contributed by atoms with E-state index < -0.39 is 0 Å². The van der Waals surface area contributed by atoms with E-state index in [4.69, 9.17) is 4.74 Å². The zero-order valence-corrected chi connectivity index (χ0v) is 10.2. The fourth-order valence-electron chi connectivity index (χ4n) is 2.31. The standard InChI is InChI=1S/C14H18N2O/c1-2-12-5-3-4-6-13(12)14(11-15)16-7-9-17-10-8-16/h3-6,14H,2,7-10H2,1H3. The predicted molar refractivity (Wildman–Crippen MR) is 66.6 cm³/mol. The summed E-state index contributed by atoms with van der Waals surface area (Å²) in [5.41, 5.74) is 2.42. The first-order chi connectivity index (χ1) is 8.36. The fourth-order valence-corrected chi connectivity index (χ4v) is 2.31. The smallest absolute Gasteiger partial charge is 0.124 e. The summed E-state index contributed by atoms with van der Waals surface area (Å²) in [6.07, 6.45) is 0.971. The van der Waals surface area contributed by atoms with Crippen LogP contribution in [0, 0.1) is 11.3 Å². The number of benzene rings is 1. The Labute approximate surface area is 103 Å². The van der Waals surface area contributed by atoms with Crippen LogP contribution in [0.5, 0.6) is 0 Å². The average molecular weight is 230 g/mol. The molecule has 0 amide bonds. The van der Waals surface area contributed by atoms with E-state index in [1.165, 1.54) is 5.56 Å². The lowest BCUT2D eigenvalue weighted by molar-refractivity contribution is 0.0265. The summed E-state index contributed by atoms with van der Waals surface area (Å²) < 4.78 is 5.34. The van der Waals surface area contributed by atoms with Crippen LogP contribution in [0.2, 0.25) is 0 Å². The molecule has 1 aromatic rings. The molecule has 17 heavy (non-hydrogen) atoms. The third-order valence-corrected chi connectivity index (χ3v) is 3.26. The topological polar surface area (TPSA) is 36.3 Å². The van der Waals surface area contributed by atoms with Crippen molar-refractivity contribution in [1.82, 2.24) is 4.90 Å². The van der Waals surface area contributed by atoms with E-state index in [2.05, 4.69) is 30.0 Å². The van der Waals surface area contributed by atoms with Crippen molar-refractivity contribution in [3.8, 4) is 6.07 Å². The number of morpholine rings is 1. The summed E-state index contributed by atoms with van der Waals surface area (Å²) in [4.78, 5) is 2.21. The first-order valence-electron chi connectivity index (χ1n) is 6.16. The Morgan fingerprint density at radius 3 is 2.71 bits per heavy atom. The quantitative estimate of drug-likeness (QED) is 0.798. The average Bonchev–Trinajstić information content (AvgIpc) is 2.41. The van der Waals surface area contributed by atoms with Gasteiger partial charge in [0, 0.05) is 13.1 Å². The molecule has 0 aliphatic carbocycles. The Bertz CT molecular complexity index is 405. The fraction of sp³-hybridized carbons (Fsp3) is 0.500. The summed E-state index contributed by atoms with van der Waals surface area (Å²) in [6.45, 7) is 5.28. The lowest BCUT2D eigenvalue weighted by Crippen LogP contribution is -2.38. The van der Waals surface area contributed by atoms with Gasteiger partial charge in [-0.05, 0) is 17.5 Å². The summed E-state index contributed by atoms with van der Waals surface area (Å²) >= 11 is 0. The highest BCUT2D eigenvalue weighted by molar-refractivity contribution is 5.33. The van der Waals surface area contributed by atoms with E-state index in [1.807, 2.05) is 12.1 Å². The number of hydrogen-bond acceptors (Lipinski definition) is 3. The lowest BCUT2D eigenvalue weighted by Gasteiger charge is -2.31. The maximum absolute atomic E-state index is 9.42. The summed E-state index contributed by atoms with van der Waals surface area (Å²) in [7, 11) is 0. The predicted octanol–water partition coefficient (Wildman–Crippen LogP) is 2.15. The van der Waals surface area contributed by atoms with Gasteiger partial charge in [0.15, 0.2) is 0 Å². The van der Waals surface area contributed by atoms with Gasteiger partial charge >= 0.3 is 0 Å². The third kappa shape index (κ3) is 2.66. The third-order valence-electron chi connectivity index (χ3n) is 3.26. The highest BCUT2D eigenvalue weighted by atomic mass is 16.5. The van der Waals surface area contributed by atoms with Crippen LogP contribution in [0.15, 0.2) is 24.3 Å². The molecule has 1 fully saturated rings. The molecule has 0 bridgehead atoms. The molecule has 2 rings (SSSR count). The highest BCUT2D eigenvalue weighted by Gasteiger charge is 2.23. The van der Waals surface area contributed by atoms with Crippen molar-refractivity contribution in [3.63, 3.8) is 0 Å². The van der Waals surface area contributed by atoms with Crippen LogP contribution >= 0.6 is 0 Å². The molecule has 0 aromatic heterocycles. The van der Waals surface area contributed by atoms with Gasteiger partial charge in [-0.25, -0.2) is 0 Å². The molecule has 90 valence electrons. The molecule has 0 saturated carbocycles. The summed E-state index contributed by atoms with van der Waals surface area (Å²) in [5.74, 6) is 0. The summed E-state index contributed by atoms with van der Waals surface area (Å²) in [6, 6.07) is 10.5. The number of rotatable bonds is 3. The molecule has 0 spiro atoms. The van der Waals surface area contributed by atoms with Gasteiger partial charge in [-0.1, -0.05) is 31.2 Å². The van der Waals surface area contributed by atoms with Gasteiger partial charge in [-0.3, -0.25) is 4.90 Å². The van der Waals surface area contributed by atoms with Crippen LogP contribution in [-0.2, 0) is 11.2 Å². The molecule has 0 radical (unpaired) electrons. The molecule has 1 aromatic carbocycles. The van der Waals surface area contributed by atoms with Gasteiger partial charge in [-0.15, -0.1) is 0 Å². The molecular weight excluding hydrogens is 212 g/mol. The van der Waals surface area contributed by atoms with Crippen LogP contribution in [0.25, 0.3) is 0 Å². The first kappa shape index (κ1) is 12.1. The normalized spacial score (nSPS) is 18.6. The Morgan fingerprint density at radius 1 is 1.35 bits per heavy atom. The van der Waals surface area contributed by atoms with Crippen molar-refractivity contribution in [2.75, 3.05) is 26.3 Å². The van der Waals surface area contributed by atoms with Gasteiger partial charge < -0.3 is 4.74 Å². The van der Waals surface area contributed by atoms with Crippen molar-refractivity contribution in [2.45, 2.75) is 19.4 Å². The minimum atomic E-state index is -0.130. The van der Waals surface area contributed by atoms with E-state index in [0.717, 1.165) is 38.3 Å². The van der Waals surface area contributed by atoms with Gasteiger partial charge in [0.1, 0.15) is 6.04 Å². The first-order valence-corrected chi connectivity index (χ1v) is 6.16. The second kappa shape index (κ2) is 5.81. The molecular formula is C14H18N2O. The number of nitrogens with zero attached hydrogens (tertiary/aromatic N) is 2. The molecule has 1 heterocycles. The van der Waals surface area contributed by atoms with E-state index in [0.29, 0.717) is 0 Å². The zero-order valence-electron chi connectivity index (χ0n) is 10.2. The van der Waals surface area contributed by atoms with Crippen molar-refractivity contribution in [3.05, 3.63) is 35.4 Å². The molecule has 3 nitrogen and oxygen atoms in total. The molecule has 3 heteroatoms. The lowest BCUT2D eigenvalue weighted by atomic mass is 9.98. The van der Waals surface area contributed by atoms with Crippen molar-refractivity contribution >= 4 is 0 Å². The second-order valence-corrected chi connectivity index (χ2v) is 4.23. The van der Waals surface area contributed by atoms with Crippen molar-refractivity contribution < 1.29 is 4.74 Å². The van der Waals surface area contributed by atoms with E-state index in [1.54, 1.807) is 0 Å². The Kier molecular flexibility index (Phi) is 4.13. The van der Waals surface area contributed by atoms with Crippen LogP contribution in [0.1, 0.15) is 24.1 Å². The number of hydrogen-bond donors (Lipinski definition) is 0. The van der Waals surface area contributed by atoms with Crippen LogP contribution in [-0.4, -0.2) is 31.2 Å². The molecule has 1 unspecified atom stereocenters. The minimum Gasteiger partial charge on any atom is -0.379 e. The van der Waals surface area contributed by atoms with Gasteiger partial charge in [0.05, 0.1) is 19.3 Å². The Hall–Kier alpha value is -1.37. The van der Waals surface area contributed by atoms with Gasteiger partial charge in [-0.2, -0.15) is 5.26 Å². The van der Waals surface area contributed by atoms with Crippen molar-refractivity contribution in [2.24, 2.45) is 0 Å². The van der Waals surface area contributed by atoms with Crippen LogP contribution in [0.4, 0.5) is 0 Å². The summed E-state index contributed by atoms with van der Waals surface area (Å²) in [5, 5.41) is 9.42. The minimum absolute atomic E-state index is 0.130. The molecule has 1 atom stereocenters. The second-order valence-electron chi connectivity index (χ2n) is 4.23. The number of aryl methyl sites for hydroxylation is 1. The molecule has 1 aliphatic rings. The van der Waals surface area contributed by atoms with E-state index in [-0.39, 0.29) is 6.04 Å². The van der Waals surface area contributed by atoms with E-state index >= 15 is 0 Å². The van der Waals surface area contributed by atoms with E-state index in [9.17, 15) is 5.26 Å². The Morgan fingerprint density at radius 2 is 2.06 bits per heavy atom.